The molecule has 7 nitrogen and oxygen atoms in total. The second-order valence-corrected chi connectivity index (χ2v) is 8.06. The molecule has 9 heteroatoms. The first-order valence-electron chi connectivity index (χ1n) is 12.0. The van der Waals surface area contributed by atoms with E-state index in [1.807, 2.05) is 49.0 Å². The number of hydrogen-bond acceptors (Lipinski definition) is 6. The van der Waals surface area contributed by atoms with Crippen molar-refractivity contribution >= 4 is 22.9 Å². The summed E-state index contributed by atoms with van der Waals surface area (Å²) < 4.78 is 29.4. The Morgan fingerprint density at radius 1 is 1.12 bits per heavy atom. The molecule has 3 aromatic rings. The number of alkyl halides is 2. The van der Waals surface area contributed by atoms with Gasteiger partial charge in [-0.3, -0.25) is 9.98 Å². The van der Waals surface area contributed by atoms with Crippen molar-refractivity contribution in [2.75, 3.05) is 12.4 Å². The summed E-state index contributed by atoms with van der Waals surface area (Å²) in [4.78, 5) is 13.6. The lowest BCUT2D eigenvalue weighted by molar-refractivity contribution is -0.169. The zero-order valence-electron chi connectivity index (χ0n) is 20.4. The number of ether oxygens (including phenoxy) is 1. The van der Waals surface area contributed by atoms with Crippen LogP contribution in [0.3, 0.4) is 0 Å². The van der Waals surface area contributed by atoms with Crippen molar-refractivity contribution in [3.05, 3.63) is 36.3 Å². The van der Waals surface area contributed by atoms with Crippen molar-refractivity contribution < 1.29 is 14.9 Å². The third kappa shape index (κ3) is 6.56. The number of halogens is 2. The second-order valence-electron chi connectivity index (χ2n) is 8.06. The van der Waals surface area contributed by atoms with Gasteiger partial charge in [0.05, 0.1) is 34.9 Å². The van der Waals surface area contributed by atoms with Crippen molar-refractivity contribution in [3.8, 4) is 11.3 Å². The molecule has 1 saturated carbocycles. The average Bonchev–Trinajstić information content (AvgIpc) is 3.29. The monoisotopic (exact) mass is 474 g/mol. The minimum Gasteiger partial charge on any atom is -0.356 e. The van der Waals surface area contributed by atoms with E-state index in [1.165, 1.54) is 12.1 Å². The molecule has 5 rings (SSSR count). The number of aryl methyl sites for hydroxylation is 1. The van der Waals surface area contributed by atoms with Crippen molar-refractivity contribution in [1.29, 1.82) is 0 Å². The van der Waals surface area contributed by atoms with Gasteiger partial charge in [-0.2, -0.15) is 8.78 Å². The van der Waals surface area contributed by atoms with Crippen LogP contribution >= 0.6 is 0 Å². The molecule has 0 spiro atoms. The molecule has 0 aromatic carbocycles. The normalized spacial score (nSPS) is 15.6. The molecule has 1 N–H and O–H groups in total. The number of rotatable bonds is 4. The van der Waals surface area contributed by atoms with Crippen molar-refractivity contribution in [3.63, 3.8) is 0 Å². The lowest BCUT2D eigenvalue weighted by Gasteiger charge is -2.20. The molecule has 0 amide bonds. The Hall–Kier alpha value is -2.94. The van der Waals surface area contributed by atoms with Crippen LogP contribution in [0.2, 0.25) is 0 Å². The summed E-state index contributed by atoms with van der Waals surface area (Å²) in [6, 6.07) is 6.09. The molecule has 2 aliphatic rings. The summed E-state index contributed by atoms with van der Waals surface area (Å²) in [5.74, 6) is 0.595. The van der Waals surface area contributed by atoms with Crippen LogP contribution in [0.5, 0.6) is 0 Å². The van der Waals surface area contributed by atoms with Crippen molar-refractivity contribution in [2.45, 2.75) is 78.4 Å². The first-order chi connectivity index (χ1) is 16.5. The number of nitrogens with zero attached hydrogens (tertiary/aromatic N) is 5. The molecular formula is C25H36F2N6O. The second kappa shape index (κ2) is 12.5. The van der Waals surface area contributed by atoms with E-state index in [0.29, 0.717) is 5.95 Å². The number of anilines is 1. The molecule has 1 aliphatic carbocycles. The zero-order chi connectivity index (χ0) is 24.5. The fraction of sp³-hybridized carbons (Fsp3) is 0.520. The highest BCUT2D eigenvalue weighted by Gasteiger charge is 2.17. The van der Waals surface area contributed by atoms with E-state index in [2.05, 4.69) is 32.1 Å². The van der Waals surface area contributed by atoms with Crippen LogP contribution in [-0.4, -0.2) is 45.1 Å². The smallest absolute Gasteiger partial charge is 0.345 e. The molecule has 1 aliphatic heterocycles. The Bertz CT molecular complexity index is 1100. The minimum absolute atomic E-state index is 0. The summed E-state index contributed by atoms with van der Waals surface area (Å²) in [6.07, 6.45) is 10.4. The number of fused-ring (bicyclic) bond motifs is 2. The van der Waals surface area contributed by atoms with Crippen LogP contribution in [-0.2, 0) is 11.2 Å². The van der Waals surface area contributed by atoms with Crippen LogP contribution in [0, 0.1) is 0 Å². The largest absolute Gasteiger partial charge is 0.356 e. The van der Waals surface area contributed by atoms with Gasteiger partial charge < -0.3 is 10.1 Å². The van der Waals surface area contributed by atoms with Gasteiger partial charge in [0, 0.05) is 25.9 Å². The molecule has 0 atom stereocenters. The van der Waals surface area contributed by atoms with Gasteiger partial charge in [-0.25, -0.2) is 9.50 Å². The topological polar surface area (TPSA) is 76.7 Å². The average molecular weight is 475 g/mol. The van der Waals surface area contributed by atoms with Crippen molar-refractivity contribution in [1.82, 2.24) is 19.6 Å². The Kier molecular flexibility index (Phi) is 9.44. The van der Waals surface area contributed by atoms with Crippen LogP contribution in [0.15, 0.2) is 35.6 Å². The van der Waals surface area contributed by atoms with Crippen LogP contribution in [0.1, 0.15) is 66.4 Å². The first-order valence-corrected chi connectivity index (χ1v) is 12.0. The molecule has 3 aromatic heterocycles. The lowest BCUT2D eigenvalue weighted by atomic mass is 9.98. The maximum Gasteiger partial charge on any atom is 0.345 e. The number of aliphatic imine (C=N–C) groups is 1. The number of aromatic nitrogens is 4. The van der Waals surface area contributed by atoms with Gasteiger partial charge in [0.15, 0.2) is 0 Å². The highest BCUT2D eigenvalue weighted by molar-refractivity contribution is 5.87. The molecule has 34 heavy (non-hydrogen) atoms. The Morgan fingerprint density at radius 2 is 1.88 bits per heavy atom. The number of pyridine rings is 1. The van der Waals surface area contributed by atoms with E-state index < -0.39 is 6.61 Å². The maximum absolute atomic E-state index is 11.6. The Balaban J connectivity index is 0.000000282. The molecule has 4 heterocycles. The number of hydrogen-bond donors (Lipinski definition) is 1. The van der Waals surface area contributed by atoms with Gasteiger partial charge in [-0.05, 0) is 50.8 Å². The molecule has 0 unspecified atom stereocenters. The standard InChI is InChI=1S/C16H16N6.C7H12F2O.C2H6.H2/c1-10-3-4-14-13(19-10)6-5-12(20-14)11-7-8-22-15(11)9-18-16(17-2)21-22;8-7(9)10-6-4-2-1-3-5-6;1-2;/h5-9H,3-4H2,1-2H3,(H,17,21);6-7H,1-5H2;1-2H3;1H. The van der Waals surface area contributed by atoms with Gasteiger partial charge in [0.25, 0.3) is 0 Å². The zero-order valence-corrected chi connectivity index (χ0v) is 20.4. The third-order valence-electron chi connectivity index (χ3n) is 5.75. The van der Waals surface area contributed by atoms with E-state index in [-0.39, 0.29) is 7.53 Å². The SMILES string of the molecule is CC.CNc1ncc2c(-c3ccc4c(n3)CCC(C)=N4)ccn2n1.FC(F)OC1CCCCC1.[HH]. The van der Waals surface area contributed by atoms with Gasteiger partial charge in [-0.15, -0.1) is 5.10 Å². The molecule has 0 saturated heterocycles. The summed E-state index contributed by atoms with van der Waals surface area (Å²) in [7, 11) is 1.80. The summed E-state index contributed by atoms with van der Waals surface area (Å²) in [6.45, 7) is 3.48. The summed E-state index contributed by atoms with van der Waals surface area (Å²) >= 11 is 0. The molecule has 0 bridgehead atoms. The van der Waals surface area contributed by atoms with E-state index in [4.69, 9.17) is 4.98 Å². The predicted octanol–water partition coefficient (Wildman–Crippen LogP) is 6.70. The first kappa shape index (κ1) is 25.7. The highest BCUT2D eigenvalue weighted by atomic mass is 19.3. The van der Waals surface area contributed by atoms with Gasteiger partial charge in [0.1, 0.15) is 0 Å². The van der Waals surface area contributed by atoms with Crippen LogP contribution in [0.25, 0.3) is 16.8 Å². The Morgan fingerprint density at radius 3 is 2.59 bits per heavy atom. The maximum atomic E-state index is 11.6. The van der Waals surface area contributed by atoms with Crippen LogP contribution in [0.4, 0.5) is 20.4 Å². The van der Waals surface area contributed by atoms with E-state index >= 15 is 0 Å². The van der Waals surface area contributed by atoms with E-state index in [0.717, 1.165) is 66.7 Å². The van der Waals surface area contributed by atoms with E-state index in [9.17, 15) is 8.78 Å². The highest BCUT2D eigenvalue weighted by Crippen LogP contribution is 2.30. The van der Waals surface area contributed by atoms with Crippen LogP contribution < -0.4 is 5.32 Å². The molecular weight excluding hydrogens is 438 g/mol. The van der Waals surface area contributed by atoms with Gasteiger partial charge in [0.2, 0.25) is 5.95 Å². The van der Waals surface area contributed by atoms with E-state index in [1.54, 1.807) is 7.05 Å². The minimum atomic E-state index is -2.58. The van der Waals surface area contributed by atoms with Gasteiger partial charge >= 0.3 is 6.61 Å². The third-order valence-corrected chi connectivity index (χ3v) is 5.75. The quantitative estimate of drug-likeness (QED) is 0.455. The fourth-order valence-corrected chi connectivity index (χ4v) is 4.07. The van der Waals surface area contributed by atoms with Gasteiger partial charge in [-0.1, -0.05) is 33.1 Å². The summed E-state index contributed by atoms with van der Waals surface area (Å²) in [5.41, 5.74) is 6.15. The molecule has 186 valence electrons. The molecule has 1 fully saturated rings. The summed E-state index contributed by atoms with van der Waals surface area (Å²) in [5, 5.41) is 7.32. The number of nitrogens with one attached hydrogen (secondary N) is 1. The van der Waals surface area contributed by atoms with Crippen molar-refractivity contribution in [2.24, 2.45) is 4.99 Å². The lowest BCUT2D eigenvalue weighted by Crippen LogP contribution is -2.19. The fourth-order valence-electron chi connectivity index (χ4n) is 4.07. The molecule has 0 radical (unpaired) electrons. The predicted molar refractivity (Wildman–Crippen MR) is 134 cm³/mol. The Labute approximate surface area is 201 Å².